The summed E-state index contributed by atoms with van der Waals surface area (Å²) in [4.78, 5) is 13.1. The molecule has 0 aromatic carbocycles. The minimum atomic E-state index is 0.326. The molecule has 1 amide bonds. The Kier molecular flexibility index (Phi) is 4.08. The lowest BCUT2D eigenvalue weighted by atomic mass is 10.3. The number of likely N-dealkylation sites (tertiary alicyclic amines) is 1. The van der Waals surface area contributed by atoms with E-state index >= 15 is 0 Å². The number of hydrogen-bond donors (Lipinski definition) is 0. The average Bonchev–Trinajstić information content (AvgIpc) is 2.46. The van der Waals surface area contributed by atoms with Gasteiger partial charge in [0.15, 0.2) is 0 Å². The Bertz CT molecular complexity index is 147. The summed E-state index contributed by atoms with van der Waals surface area (Å²) < 4.78 is 4.93. The van der Waals surface area contributed by atoms with Gasteiger partial charge < -0.3 is 9.64 Å². The van der Waals surface area contributed by atoms with Crippen molar-refractivity contribution in [3.8, 4) is 0 Å². The standard InChI is InChI=1S/C9H17NO2/c1-12-8-3-2-6-10-7-4-5-9(10)11/h2-8H2,1H3. The van der Waals surface area contributed by atoms with Crippen LogP contribution in [0.5, 0.6) is 0 Å². The molecule has 0 aliphatic carbocycles. The summed E-state index contributed by atoms with van der Waals surface area (Å²) >= 11 is 0. The molecule has 1 aliphatic heterocycles. The predicted molar refractivity (Wildman–Crippen MR) is 46.9 cm³/mol. The van der Waals surface area contributed by atoms with E-state index < -0.39 is 0 Å². The van der Waals surface area contributed by atoms with Crippen LogP contribution in [0.25, 0.3) is 0 Å². The van der Waals surface area contributed by atoms with E-state index in [0.717, 1.165) is 45.4 Å². The number of hydrogen-bond acceptors (Lipinski definition) is 2. The van der Waals surface area contributed by atoms with E-state index in [0.29, 0.717) is 5.91 Å². The largest absolute Gasteiger partial charge is 0.385 e. The van der Waals surface area contributed by atoms with Crippen LogP contribution in [0.2, 0.25) is 0 Å². The predicted octanol–water partition coefficient (Wildman–Crippen LogP) is 1.04. The van der Waals surface area contributed by atoms with Gasteiger partial charge in [0.1, 0.15) is 0 Å². The van der Waals surface area contributed by atoms with Gasteiger partial charge in [0, 0.05) is 33.2 Å². The van der Waals surface area contributed by atoms with Crippen LogP contribution in [0.15, 0.2) is 0 Å². The first kappa shape index (κ1) is 9.52. The van der Waals surface area contributed by atoms with Crippen molar-refractivity contribution in [3.63, 3.8) is 0 Å². The second-order valence-corrected chi connectivity index (χ2v) is 3.18. The molecule has 3 heteroatoms. The Morgan fingerprint density at radius 1 is 1.50 bits per heavy atom. The van der Waals surface area contributed by atoms with Gasteiger partial charge in [0.25, 0.3) is 0 Å². The molecule has 0 radical (unpaired) electrons. The van der Waals surface area contributed by atoms with E-state index in [1.807, 2.05) is 4.90 Å². The number of unbranched alkanes of at least 4 members (excludes halogenated alkanes) is 1. The van der Waals surface area contributed by atoms with Crippen molar-refractivity contribution in [2.45, 2.75) is 25.7 Å². The SMILES string of the molecule is COCCCCN1CCCC1=O. The summed E-state index contributed by atoms with van der Waals surface area (Å²) in [5.41, 5.74) is 0. The molecule has 0 atom stereocenters. The molecule has 3 nitrogen and oxygen atoms in total. The highest BCUT2D eigenvalue weighted by Gasteiger charge is 2.18. The number of amides is 1. The molecule has 1 saturated heterocycles. The van der Waals surface area contributed by atoms with Gasteiger partial charge in [-0.05, 0) is 19.3 Å². The second-order valence-electron chi connectivity index (χ2n) is 3.18. The van der Waals surface area contributed by atoms with Crippen LogP contribution < -0.4 is 0 Å². The van der Waals surface area contributed by atoms with Gasteiger partial charge in [0.05, 0.1) is 0 Å². The minimum Gasteiger partial charge on any atom is -0.385 e. The van der Waals surface area contributed by atoms with Crippen LogP contribution >= 0.6 is 0 Å². The van der Waals surface area contributed by atoms with Crippen LogP contribution in [0.3, 0.4) is 0 Å². The average molecular weight is 171 g/mol. The van der Waals surface area contributed by atoms with Crippen LogP contribution in [0.1, 0.15) is 25.7 Å². The third-order valence-electron chi connectivity index (χ3n) is 2.20. The molecule has 70 valence electrons. The highest BCUT2D eigenvalue weighted by atomic mass is 16.5. The fraction of sp³-hybridized carbons (Fsp3) is 0.889. The smallest absolute Gasteiger partial charge is 0.222 e. The maximum absolute atomic E-state index is 11.1. The molecular weight excluding hydrogens is 154 g/mol. The number of methoxy groups -OCH3 is 1. The molecule has 1 aliphatic rings. The Morgan fingerprint density at radius 2 is 2.33 bits per heavy atom. The van der Waals surface area contributed by atoms with Crippen molar-refractivity contribution < 1.29 is 9.53 Å². The monoisotopic (exact) mass is 171 g/mol. The van der Waals surface area contributed by atoms with Crippen molar-refractivity contribution in [1.29, 1.82) is 0 Å². The zero-order valence-electron chi connectivity index (χ0n) is 7.71. The highest BCUT2D eigenvalue weighted by molar-refractivity contribution is 5.77. The van der Waals surface area contributed by atoms with Crippen molar-refractivity contribution in [2.75, 3.05) is 26.8 Å². The van der Waals surface area contributed by atoms with Crippen LogP contribution in [-0.4, -0.2) is 37.6 Å². The summed E-state index contributed by atoms with van der Waals surface area (Å²) in [5.74, 6) is 0.326. The summed E-state index contributed by atoms with van der Waals surface area (Å²) in [7, 11) is 1.71. The van der Waals surface area contributed by atoms with Crippen molar-refractivity contribution in [2.24, 2.45) is 0 Å². The number of nitrogens with zero attached hydrogens (tertiary/aromatic N) is 1. The topological polar surface area (TPSA) is 29.5 Å². The van der Waals surface area contributed by atoms with Gasteiger partial charge in [-0.1, -0.05) is 0 Å². The van der Waals surface area contributed by atoms with Gasteiger partial charge in [0.2, 0.25) is 5.91 Å². The molecule has 0 N–H and O–H groups in total. The molecule has 0 spiro atoms. The Morgan fingerprint density at radius 3 is 2.92 bits per heavy atom. The number of ether oxygens (including phenoxy) is 1. The molecule has 0 saturated carbocycles. The Balaban J connectivity index is 2.02. The second kappa shape index (κ2) is 5.14. The molecular formula is C9H17NO2. The summed E-state index contributed by atoms with van der Waals surface area (Å²) in [6.07, 6.45) is 3.92. The fourth-order valence-corrected chi connectivity index (χ4v) is 1.49. The van der Waals surface area contributed by atoms with Gasteiger partial charge in [-0.15, -0.1) is 0 Å². The molecule has 0 aromatic heterocycles. The Labute approximate surface area is 73.7 Å². The lowest BCUT2D eigenvalue weighted by Gasteiger charge is -2.14. The number of carbonyl (C=O) groups excluding carboxylic acids is 1. The lowest BCUT2D eigenvalue weighted by Crippen LogP contribution is -2.25. The highest BCUT2D eigenvalue weighted by Crippen LogP contribution is 2.10. The van der Waals surface area contributed by atoms with Gasteiger partial charge in [-0.3, -0.25) is 4.79 Å². The molecule has 12 heavy (non-hydrogen) atoms. The molecule has 0 bridgehead atoms. The van der Waals surface area contributed by atoms with Gasteiger partial charge in [-0.25, -0.2) is 0 Å². The van der Waals surface area contributed by atoms with E-state index in [-0.39, 0.29) is 0 Å². The molecule has 1 rings (SSSR count). The number of rotatable bonds is 5. The molecule has 0 unspecified atom stereocenters. The summed E-state index contributed by atoms with van der Waals surface area (Å²) in [6, 6.07) is 0. The van der Waals surface area contributed by atoms with Gasteiger partial charge in [-0.2, -0.15) is 0 Å². The Hall–Kier alpha value is -0.570. The van der Waals surface area contributed by atoms with Crippen LogP contribution in [0, 0.1) is 0 Å². The first-order valence-corrected chi connectivity index (χ1v) is 4.61. The van der Waals surface area contributed by atoms with E-state index in [9.17, 15) is 4.79 Å². The van der Waals surface area contributed by atoms with E-state index in [1.54, 1.807) is 7.11 Å². The summed E-state index contributed by atoms with van der Waals surface area (Å²) in [5, 5.41) is 0. The van der Waals surface area contributed by atoms with Crippen molar-refractivity contribution in [3.05, 3.63) is 0 Å². The third-order valence-corrected chi connectivity index (χ3v) is 2.20. The lowest BCUT2D eigenvalue weighted by molar-refractivity contribution is -0.127. The zero-order valence-corrected chi connectivity index (χ0v) is 7.71. The number of carbonyl (C=O) groups is 1. The zero-order chi connectivity index (χ0) is 8.81. The molecule has 0 aromatic rings. The maximum Gasteiger partial charge on any atom is 0.222 e. The normalized spacial score (nSPS) is 17.4. The molecule has 1 heterocycles. The summed E-state index contributed by atoms with van der Waals surface area (Å²) in [6.45, 7) is 2.69. The maximum atomic E-state index is 11.1. The minimum absolute atomic E-state index is 0.326. The van der Waals surface area contributed by atoms with Crippen LogP contribution in [-0.2, 0) is 9.53 Å². The third kappa shape index (κ3) is 2.81. The van der Waals surface area contributed by atoms with Crippen molar-refractivity contribution in [1.82, 2.24) is 4.90 Å². The first-order valence-electron chi connectivity index (χ1n) is 4.61. The van der Waals surface area contributed by atoms with E-state index in [1.165, 1.54) is 0 Å². The van der Waals surface area contributed by atoms with Crippen LogP contribution in [0.4, 0.5) is 0 Å². The fourth-order valence-electron chi connectivity index (χ4n) is 1.49. The first-order chi connectivity index (χ1) is 5.84. The van der Waals surface area contributed by atoms with Gasteiger partial charge >= 0.3 is 0 Å². The van der Waals surface area contributed by atoms with Crippen molar-refractivity contribution >= 4 is 5.91 Å². The van der Waals surface area contributed by atoms with E-state index in [4.69, 9.17) is 4.74 Å². The van der Waals surface area contributed by atoms with E-state index in [2.05, 4.69) is 0 Å². The molecule has 1 fully saturated rings. The quantitative estimate of drug-likeness (QED) is 0.578.